The van der Waals surface area contributed by atoms with E-state index in [2.05, 4.69) is 5.32 Å². The maximum atomic E-state index is 9.24. The van der Waals surface area contributed by atoms with Crippen molar-refractivity contribution < 1.29 is 15.3 Å². The number of aromatic hydroxyl groups is 1. The summed E-state index contributed by atoms with van der Waals surface area (Å²) in [7, 11) is 0. The number of hydrogen-bond donors (Lipinski definition) is 4. The molecule has 14 heavy (non-hydrogen) atoms. The quantitative estimate of drug-likeness (QED) is 0.465. The normalized spacial score (nSPS) is 20.9. The molecule has 4 heteroatoms. The highest BCUT2D eigenvalue weighted by molar-refractivity contribution is 5.36. The summed E-state index contributed by atoms with van der Waals surface area (Å²) in [6.45, 7) is 0.562. The van der Waals surface area contributed by atoms with Crippen molar-refractivity contribution in [1.82, 2.24) is 5.32 Å². The van der Waals surface area contributed by atoms with Crippen LogP contribution >= 0.6 is 0 Å². The van der Waals surface area contributed by atoms with Gasteiger partial charge in [0.25, 0.3) is 0 Å². The van der Waals surface area contributed by atoms with Crippen LogP contribution in [-0.2, 0) is 13.0 Å². The number of fused-ring (bicyclic) bond motifs is 1. The van der Waals surface area contributed by atoms with Crippen molar-refractivity contribution in [3.8, 4) is 5.75 Å². The van der Waals surface area contributed by atoms with Gasteiger partial charge in [0.1, 0.15) is 5.75 Å². The first-order valence-electron chi connectivity index (χ1n) is 4.57. The largest absolute Gasteiger partial charge is 0.508 e. The van der Waals surface area contributed by atoms with Crippen LogP contribution < -0.4 is 5.32 Å². The van der Waals surface area contributed by atoms with Crippen LogP contribution in [0.2, 0.25) is 0 Å². The highest BCUT2D eigenvalue weighted by Gasteiger charge is 2.22. The first-order chi connectivity index (χ1) is 6.66. The number of aliphatic hydroxyl groups is 2. The van der Waals surface area contributed by atoms with Crippen LogP contribution in [0, 0.1) is 0 Å². The lowest BCUT2D eigenvalue weighted by atomic mass is 9.95. The average molecular weight is 195 g/mol. The molecule has 0 saturated heterocycles. The van der Waals surface area contributed by atoms with Crippen molar-refractivity contribution in [3.63, 3.8) is 0 Å². The van der Waals surface area contributed by atoms with E-state index < -0.39 is 6.29 Å². The van der Waals surface area contributed by atoms with E-state index in [-0.39, 0.29) is 11.8 Å². The van der Waals surface area contributed by atoms with Gasteiger partial charge in [-0.1, -0.05) is 6.07 Å². The Labute approximate surface area is 81.8 Å². The monoisotopic (exact) mass is 195 g/mol. The minimum atomic E-state index is -1.34. The third kappa shape index (κ3) is 1.72. The van der Waals surface area contributed by atoms with Gasteiger partial charge in [0, 0.05) is 6.54 Å². The van der Waals surface area contributed by atoms with E-state index in [4.69, 9.17) is 10.2 Å². The van der Waals surface area contributed by atoms with Crippen LogP contribution in [0.1, 0.15) is 11.1 Å². The highest BCUT2D eigenvalue weighted by Crippen LogP contribution is 2.21. The number of hydrogen-bond acceptors (Lipinski definition) is 4. The number of aliphatic hydroxyl groups excluding tert-OH is 1. The van der Waals surface area contributed by atoms with Crippen LogP contribution in [0.5, 0.6) is 5.75 Å². The number of phenols is 1. The van der Waals surface area contributed by atoms with Crippen LogP contribution in [-0.4, -0.2) is 27.7 Å². The number of rotatable bonds is 1. The Hall–Kier alpha value is -1.10. The minimum Gasteiger partial charge on any atom is -0.508 e. The number of nitrogens with one attached hydrogen (secondary N) is 1. The predicted octanol–water partition coefficient (Wildman–Crippen LogP) is -0.283. The Balaban J connectivity index is 2.23. The molecule has 76 valence electrons. The van der Waals surface area contributed by atoms with E-state index in [1.165, 1.54) is 0 Å². The molecule has 2 rings (SSSR count). The lowest BCUT2D eigenvalue weighted by Gasteiger charge is -2.27. The summed E-state index contributed by atoms with van der Waals surface area (Å²) in [6.07, 6.45) is -0.759. The number of phenolic OH excluding ortho intramolecular Hbond substituents is 1. The summed E-state index contributed by atoms with van der Waals surface area (Å²) in [6, 6.07) is 4.82. The Kier molecular flexibility index (Phi) is 2.41. The molecule has 1 heterocycles. The van der Waals surface area contributed by atoms with Crippen molar-refractivity contribution in [2.24, 2.45) is 0 Å². The zero-order valence-electron chi connectivity index (χ0n) is 7.64. The number of benzene rings is 1. The van der Waals surface area contributed by atoms with Gasteiger partial charge in [0.05, 0.1) is 6.04 Å². The summed E-state index contributed by atoms with van der Waals surface area (Å²) in [5.41, 5.74) is 2.07. The van der Waals surface area contributed by atoms with Gasteiger partial charge in [-0.05, 0) is 29.7 Å². The molecular formula is C10H13NO3. The van der Waals surface area contributed by atoms with Gasteiger partial charge in [0.15, 0.2) is 6.29 Å². The first-order valence-corrected chi connectivity index (χ1v) is 4.57. The van der Waals surface area contributed by atoms with E-state index in [9.17, 15) is 5.11 Å². The molecule has 4 N–H and O–H groups in total. The van der Waals surface area contributed by atoms with Crippen LogP contribution in [0.4, 0.5) is 0 Å². The molecule has 0 unspecified atom stereocenters. The van der Waals surface area contributed by atoms with Crippen molar-refractivity contribution in [3.05, 3.63) is 29.3 Å². The van der Waals surface area contributed by atoms with E-state index in [1.807, 2.05) is 6.07 Å². The standard InChI is InChI=1S/C10H13NO3/c12-8-2-1-6-4-9(10(13)14)11-5-7(6)3-8/h1-3,9-14H,4-5H2/t9-/m0/s1. The molecule has 0 spiro atoms. The summed E-state index contributed by atoms with van der Waals surface area (Å²) < 4.78 is 0. The molecule has 0 saturated carbocycles. The van der Waals surface area contributed by atoms with Crippen LogP contribution in [0.25, 0.3) is 0 Å². The van der Waals surface area contributed by atoms with E-state index in [0.717, 1.165) is 11.1 Å². The van der Waals surface area contributed by atoms with E-state index >= 15 is 0 Å². The van der Waals surface area contributed by atoms with E-state index in [0.29, 0.717) is 13.0 Å². The first kappa shape index (κ1) is 9.45. The van der Waals surface area contributed by atoms with Crippen molar-refractivity contribution >= 4 is 0 Å². The lowest BCUT2D eigenvalue weighted by Crippen LogP contribution is -2.44. The van der Waals surface area contributed by atoms with Crippen LogP contribution in [0.15, 0.2) is 18.2 Å². The Morgan fingerprint density at radius 2 is 2.07 bits per heavy atom. The van der Waals surface area contributed by atoms with E-state index in [1.54, 1.807) is 12.1 Å². The summed E-state index contributed by atoms with van der Waals surface area (Å²) in [5.74, 6) is 0.244. The van der Waals surface area contributed by atoms with Gasteiger partial charge in [-0.25, -0.2) is 0 Å². The van der Waals surface area contributed by atoms with Gasteiger partial charge in [0.2, 0.25) is 0 Å². The van der Waals surface area contributed by atoms with Crippen molar-refractivity contribution in [1.29, 1.82) is 0 Å². The average Bonchev–Trinajstić information content (AvgIpc) is 2.16. The molecule has 0 fully saturated rings. The molecule has 0 aliphatic carbocycles. The molecule has 0 aromatic heterocycles. The fraction of sp³-hybridized carbons (Fsp3) is 0.400. The molecule has 1 aromatic carbocycles. The lowest BCUT2D eigenvalue weighted by molar-refractivity contribution is -0.0685. The Morgan fingerprint density at radius 1 is 1.29 bits per heavy atom. The smallest absolute Gasteiger partial charge is 0.167 e. The minimum absolute atomic E-state index is 0.244. The molecule has 1 atom stereocenters. The molecular weight excluding hydrogens is 182 g/mol. The third-order valence-corrected chi connectivity index (χ3v) is 2.54. The molecule has 0 bridgehead atoms. The molecule has 1 aliphatic heterocycles. The van der Waals surface area contributed by atoms with Crippen LogP contribution in [0.3, 0.4) is 0 Å². The van der Waals surface area contributed by atoms with Gasteiger partial charge in [-0.15, -0.1) is 0 Å². The molecule has 0 amide bonds. The van der Waals surface area contributed by atoms with Gasteiger partial charge >= 0.3 is 0 Å². The van der Waals surface area contributed by atoms with Crippen molar-refractivity contribution in [2.45, 2.75) is 25.3 Å². The summed E-state index contributed by atoms with van der Waals surface area (Å²) in [5, 5.41) is 30.2. The van der Waals surface area contributed by atoms with Gasteiger partial charge in [-0.2, -0.15) is 0 Å². The van der Waals surface area contributed by atoms with Crippen molar-refractivity contribution in [2.75, 3.05) is 0 Å². The second kappa shape index (κ2) is 3.57. The maximum Gasteiger partial charge on any atom is 0.167 e. The zero-order valence-corrected chi connectivity index (χ0v) is 7.64. The second-order valence-electron chi connectivity index (χ2n) is 3.56. The predicted molar refractivity (Wildman–Crippen MR) is 50.7 cm³/mol. The fourth-order valence-electron chi connectivity index (χ4n) is 1.74. The van der Waals surface area contributed by atoms with Gasteiger partial charge < -0.3 is 20.6 Å². The summed E-state index contributed by atoms with van der Waals surface area (Å²) in [4.78, 5) is 0. The molecule has 1 aliphatic rings. The molecule has 1 aromatic rings. The Morgan fingerprint density at radius 3 is 2.79 bits per heavy atom. The second-order valence-corrected chi connectivity index (χ2v) is 3.56. The third-order valence-electron chi connectivity index (χ3n) is 2.54. The molecule has 4 nitrogen and oxygen atoms in total. The Bertz CT molecular complexity index is 338. The highest BCUT2D eigenvalue weighted by atomic mass is 16.5. The SMILES string of the molecule is Oc1ccc2c(c1)CN[C@H](C(O)O)C2. The van der Waals surface area contributed by atoms with Gasteiger partial charge in [-0.3, -0.25) is 0 Å². The molecule has 0 radical (unpaired) electrons. The topological polar surface area (TPSA) is 72.7 Å². The summed E-state index contributed by atoms with van der Waals surface area (Å²) >= 11 is 0. The zero-order chi connectivity index (χ0) is 10.1. The fourth-order valence-corrected chi connectivity index (χ4v) is 1.74. The maximum absolute atomic E-state index is 9.24.